The number of nitrogens with one attached hydrogen (secondary N) is 1. The Labute approximate surface area is 203 Å². The normalized spacial score (nSPS) is 19.0. The summed E-state index contributed by atoms with van der Waals surface area (Å²) in [5.41, 5.74) is 1.34. The Bertz CT molecular complexity index is 1430. The van der Waals surface area contributed by atoms with Crippen molar-refractivity contribution in [2.75, 3.05) is 51.3 Å². The summed E-state index contributed by atoms with van der Waals surface area (Å²) in [5.74, 6) is 0.661. The third-order valence-corrected chi connectivity index (χ3v) is 7.09. The lowest BCUT2D eigenvalue weighted by atomic mass is 10.1. The summed E-state index contributed by atoms with van der Waals surface area (Å²) in [6, 6.07) is 14.5. The van der Waals surface area contributed by atoms with Crippen LogP contribution in [0.2, 0.25) is 0 Å². The molecule has 4 aromatic rings. The number of fused-ring (bicyclic) bond motifs is 2. The second-order valence-electron chi connectivity index (χ2n) is 9.27. The molecule has 0 radical (unpaired) electrons. The maximum atomic E-state index is 13.8. The van der Waals surface area contributed by atoms with E-state index >= 15 is 0 Å². The van der Waals surface area contributed by atoms with E-state index in [1.807, 2.05) is 42.5 Å². The second kappa shape index (κ2) is 9.24. The van der Waals surface area contributed by atoms with Crippen LogP contribution < -0.4 is 20.5 Å². The van der Waals surface area contributed by atoms with Gasteiger partial charge in [-0.25, -0.2) is 4.98 Å². The molecule has 0 amide bonds. The van der Waals surface area contributed by atoms with E-state index in [4.69, 9.17) is 14.7 Å². The Morgan fingerprint density at radius 3 is 2.69 bits per heavy atom. The molecule has 0 saturated carbocycles. The van der Waals surface area contributed by atoms with E-state index in [1.54, 1.807) is 10.9 Å². The summed E-state index contributed by atoms with van der Waals surface area (Å²) in [5, 5.41) is 5.41. The van der Waals surface area contributed by atoms with Crippen molar-refractivity contribution < 1.29 is 4.74 Å². The Kier molecular flexibility index (Phi) is 5.79. The van der Waals surface area contributed by atoms with Crippen molar-refractivity contribution in [3.8, 4) is 11.7 Å². The Balaban J connectivity index is 1.47. The molecule has 1 N–H and O–H groups in total. The van der Waals surface area contributed by atoms with Crippen molar-refractivity contribution in [1.82, 2.24) is 29.7 Å². The van der Waals surface area contributed by atoms with E-state index in [2.05, 4.69) is 27.1 Å². The van der Waals surface area contributed by atoms with Gasteiger partial charge >= 0.3 is 6.01 Å². The molecule has 0 spiro atoms. The lowest BCUT2D eigenvalue weighted by Crippen LogP contribution is -2.44. The second-order valence-corrected chi connectivity index (χ2v) is 9.27. The number of likely N-dealkylation sites (tertiary alicyclic amines) is 1. The van der Waals surface area contributed by atoms with Gasteiger partial charge in [0.15, 0.2) is 11.3 Å². The third-order valence-electron chi connectivity index (χ3n) is 7.09. The van der Waals surface area contributed by atoms with Gasteiger partial charge in [0.05, 0.1) is 5.69 Å². The highest BCUT2D eigenvalue weighted by Gasteiger charge is 2.24. The molecule has 2 aromatic heterocycles. The fourth-order valence-electron chi connectivity index (χ4n) is 5.09. The Morgan fingerprint density at radius 2 is 1.86 bits per heavy atom. The van der Waals surface area contributed by atoms with E-state index in [9.17, 15) is 4.79 Å². The first-order valence-corrected chi connectivity index (χ1v) is 12.3. The topological polar surface area (TPSA) is 88.4 Å². The molecule has 2 fully saturated rings. The molecule has 9 heteroatoms. The minimum absolute atomic E-state index is 0.229. The number of benzene rings is 2. The maximum Gasteiger partial charge on any atom is 0.319 e. The van der Waals surface area contributed by atoms with Crippen LogP contribution >= 0.6 is 0 Å². The quantitative estimate of drug-likeness (QED) is 0.474. The number of nitrogens with zero attached hydrogens (tertiary/aromatic N) is 6. The average molecular weight is 472 g/mol. The van der Waals surface area contributed by atoms with Crippen molar-refractivity contribution in [2.45, 2.75) is 18.9 Å². The standard InChI is InChI=1S/C26H29N7O2/c1-31-13-5-8-19(31)16-35-26-29-23-22(24(30-26)32-14-11-27-12-15-32)28-17-33(25(23)34)21-10-4-7-18-6-2-3-9-20(18)21/h2-4,6-7,9-10,17,19,27H,5,8,11-16H2,1H3/t19-/m0/s1. The molecule has 2 aliphatic heterocycles. The maximum absolute atomic E-state index is 13.8. The first-order chi connectivity index (χ1) is 17.2. The predicted molar refractivity (Wildman–Crippen MR) is 137 cm³/mol. The molecule has 2 saturated heterocycles. The zero-order valence-electron chi connectivity index (χ0n) is 19.9. The van der Waals surface area contributed by atoms with Crippen LogP contribution in [0.15, 0.2) is 53.6 Å². The van der Waals surface area contributed by atoms with Crippen LogP contribution in [0.3, 0.4) is 0 Å². The van der Waals surface area contributed by atoms with Gasteiger partial charge < -0.3 is 19.9 Å². The number of likely N-dealkylation sites (N-methyl/N-ethyl adjacent to an activating group) is 1. The van der Waals surface area contributed by atoms with Crippen LogP contribution in [-0.4, -0.2) is 76.8 Å². The Morgan fingerprint density at radius 1 is 1.03 bits per heavy atom. The van der Waals surface area contributed by atoms with Crippen molar-refractivity contribution in [3.05, 3.63) is 59.1 Å². The molecular formula is C26H29N7O2. The molecule has 1 atom stereocenters. The average Bonchev–Trinajstić information content (AvgIpc) is 3.32. The predicted octanol–water partition coefficient (Wildman–Crippen LogP) is 2.21. The third kappa shape index (κ3) is 4.11. The number of aromatic nitrogens is 4. The van der Waals surface area contributed by atoms with E-state index in [0.717, 1.165) is 62.0 Å². The summed E-state index contributed by atoms with van der Waals surface area (Å²) in [6.07, 6.45) is 3.84. The van der Waals surface area contributed by atoms with Crippen LogP contribution in [0.4, 0.5) is 5.82 Å². The van der Waals surface area contributed by atoms with Crippen molar-refractivity contribution in [3.63, 3.8) is 0 Å². The first kappa shape index (κ1) is 21.9. The largest absolute Gasteiger partial charge is 0.462 e. The van der Waals surface area contributed by atoms with Gasteiger partial charge in [0.1, 0.15) is 18.5 Å². The number of ether oxygens (including phenoxy) is 1. The van der Waals surface area contributed by atoms with E-state index < -0.39 is 0 Å². The zero-order valence-corrected chi connectivity index (χ0v) is 19.9. The summed E-state index contributed by atoms with van der Waals surface area (Å²) in [7, 11) is 2.11. The summed E-state index contributed by atoms with van der Waals surface area (Å²) >= 11 is 0. The van der Waals surface area contributed by atoms with Gasteiger partial charge in [-0.2, -0.15) is 9.97 Å². The fourth-order valence-corrected chi connectivity index (χ4v) is 5.09. The number of hydrogen-bond donors (Lipinski definition) is 1. The molecule has 180 valence electrons. The van der Waals surface area contributed by atoms with Crippen LogP contribution in [0.5, 0.6) is 6.01 Å². The smallest absolute Gasteiger partial charge is 0.319 e. The van der Waals surface area contributed by atoms with Gasteiger partial charge in [0.2, 0.25) is 0 Å². The molecule has 0 bridgehead atoms. The van der Waals surface area contributed by atoms with Crippen molar-refractivity contribution in [1.29, 1.82) is 0 Å². The number of hydrogen-bond acceptors (Lipinski definition) is 8. The SMILES string of the molecule is CN1CCC[C@H]1COc1nc(N2CCNCC2)c2ncn(-c3cccc4ccccc34)c(=O)c2n1. The molecule has 35 heavy (non-hydrogen) atoms. The molecular weight excluding hydrogens is 442 g/mol. The molecule has 0 aliphatic carbocycles. The van der Waals surface area contributed by atoms with Crippen molar-refractivity contribution in [2.24, 2.45) is 0 Å². The fraction of sp³-hybridized carbons (Fsp3) is 0.385. The van der Waals surface area contributed by atoms with Gasteiger partial charge in [-0.15, -0.1) is 0 Å². The van der Waals surface area contributed by atoms with Gasteiger partial charge in [0.25, 0.3) is 5.56 Å². The monoisotopic (exact) mass is 471 g/mol. The highest BCUT2D eigenvalue weighted by atomic mass is 16.5. The lowest BCUT2D eigenvalue weighted by Gasteiger charge is -2.29. The highest BCUT2D eigenvalue weighted by Crippen LogP contribution is 2.26. The van der Waals surface area contributed by atoms with Gasteiger partial charge in [-0.3, -0.25) is 9.36 Å². The van der Waals surface area contributed by atoms with Gasteiger partial charge in [-0.05, 0) is 37.9 Å². The molecule has 9 nitrogen and oxygen atoms in total. The lowest BCUT2D eigenvalue weighted by molar-refractivity contribution is 0.188. The van der Waals surface area contributed by atoms with Crippen LogP contribution in [0.1, 0.15) is 12.8 Å². The number of rotatable bonds is 5. The van der Waals surface area contributed by atoms with E-state index in [1.165, 1.54) is 0 Å². The van der Waals surface area contributed by atoms with Crippen molar-refractivity contribution >= 4 is 27.6 Å². The molecule has 2 aromatic carbocycles. The van der Waals surface area contributed by atoms with E-state index in [-0.39, 0.29) is 17.1 Å². The summed E-state index contributed by atoms with van der Waals surface area (Å²) in [6.45, 7) is 4.83. The molecule has 6 rings (SSSR count). The molecule has 4 heterocycles. The Hall–Kier alpha value is -3.56. The minimum atomic E-state index is -0.229. The summed E-state index contributed by atoms with van der Waals surface area (Å²) < 4.78 is 7.67. The first-order valence-electron chi connectivity index (χ1n) is 12.3. The molecule has 0 unspecified atom stereocenters. The number of piperazine rings is 1. The van der Waals surface area contributed by atoms with Gasteiger partial charge in [-0.1, -0.05) is 36.4 Å². The van der Waals surface area contributed by atoms with Crippen LogP contribution in [-0.2, 0) is 0 Å². The van der Waals surface area contributed by atoms with Crippen LogP contribution in [0.25, 0.3) is 27.5 Å². The van der Waals surface area contributed by atoms with E-state index in [0.29, 0.717) is 24.0 Å². The highest BCUT2D eigenvalue weighted by molar-refractivity contribution is 5.91. The minimum Gasteiger partial charge on any atom is -0.462 e. The number of anilines is 1. The summed E-state index contributed by atoms with van der Waals surface area (Å²) in [4.78, 5) is 32.3. The molecule has 2 aliphatic rings. The van der Waals surface area contributed by atoms with Crippen LogP contribution in [0, 0.1) is 0 Å². The van der Waals surface area contributed by atoms with Gasteiger partial charge in [0, 0.05) is 37.6 Å². The zero-order chi connectivity index (χ0) is 23.8.